The monoisotopic (exact) mass is 546 g/mol. The van der Waals surface area contributed by atoms with Crippen molar-refractivity contribution >= 4 is 36.1 Å². The number of likely N-dealkylation sites (tertiary alicyclic amines) is 2. The molecule has 0 bridgehead atoms. The lowest BCUT2D eigenvalue weighted by Gasteiger charge is -2.44. The van der Waals surface area contributed by atoms with Gasteiger partial charge >= 0.3 is 36.1 Å². The van der Waals surface area contributed by atoms with Gasteiger partial charge < -0.3 is 29.2 Å². The van der Waals surface area contributed by atoms with Crippen LogP contribution in [0.5, 0.6) is 0 Å². The molecule has 2 amide bonds. The van der Waals surface area contributed by atoms with Crippen LogP contribution in [0.1, 0.15) is 68.2 Å². The van der Waals surface area contributed by atoms with E-state index < -0.39 is 71.4 Å². The number of carbonyl (C=O) groups is 6. The van der Waals surface area contributed by atoms with Crippen LogP contribution in [0, 0.1) is 0 Å². The fourth-order valence-corrected chi connectivity index (χ4v) is 3.51. The topological polar surface area (TPSA) is 186 Å². The number of amides is 2. The van der Waals surface area contributed by atoms with Crippen LogP contribution in [0.3, 0.4) is 0 Å². The van der Waals surface area contributed by atoms with Crippen LogP contribution in [-0.2, 0) is 38.1 Å². The molecular weight excluding hydrogens is 508 g/mol. The van der Waals surface area contributed by atoms with Crippen molar-refractivity contribution in [2.75, 3.05) is 13.2 Å². The summed E-state index contributed by atoms with van der Waals surface area (Å²) in [5.41, 5.74) is -1.51. The standard InChI is InChI=1S/2C12H19NO6/c2*1-5-18-10(16)8-6-7(9(14)15)13(8)11(17)19-12(2,3)4/h2*7-8H,5-6H2,1-4H3,(H,14,15)/t2*7-,8+/m10/s1. The van der Waals surface area contributed by atoms with Crippen LogP contribution < -0.4 is 0 Å². The molecule has 0 spiro atoms. The minimum Gasteiger partial charge on any atom is -0.480 e. The summed E-state index contributed by atoms with van der Waals surface area (Å²) >= 11 is 0. The molecule has 2 N–H and O–H groups in total. The van der Waals surface area contributed by atoms with Gasteiger partial charge in [0.1, 0.15) is 35.4 Å². The molecule has 0 aliphatic carbocycles. The minimum absolute atomic E-state index is 0.0490. The van der Waals surface area contributed by atoms with Crippen LogP contribution in [0.25, 0.3) is 0 Å². The van der Waals surface area contributed by atoms with E-state index in [1.54, 1.807) is 55.4 Å². The number of hydrogen-bond donors (Lipinski definition) is 2. The molecule has 2 rings (SSSR count). The second kappa shape index (κ2) is 12.8. The number of esters is 2. The zero-order chi connectivity index (χ0) is 29.6. The van der Waals surface area contributed by atoms with E-state index in [1.807, 2.05) is 0 Å². The number of carboxylic acids is 2. The molecule has 0 radical (unpaired) electrons. The highest BCUT2D eigenvalue weighted by atomic mass is 16.6. The molecule has 0 aromatic carbocycles. The van der Waals surface area contributed by atoms with Gasteiger partial charge in [0.2, 0.25) is 0 Å². The van der Waals surface area contributed by atoms with Crippen molar-refractivity contribution in [2.45, 2.75) is 104 Å². The van der Waals surface area contributed by atoms with Crippen molar-refractivity contribution in [1.29, 1.82) is 0 Å². The van der Waals surface area contributed by atoms with E-state index in [0.717, 1.165) is 9.80 Å². The van der Waals surface area contributed by atoms with Gasteiger partial charge in [-0.2, -0.15) is 0 Å². The molecule has 0 unspecified atom stereocenters. The fourth-order valence-electron chi connectivity index (χ4n) is 3.51. The highest BCUT2D eigenvalue weighted by molar-refractivity contribution is 5.91. The SMILES string of the molecule is CCOC(=O)[C@@H]1C[C@H](C(=O)O)N1C(=O)OC(C)(C)C.CCOC(=O)[C@H]1C[C@@H](C(=O)O)N1C(=O)OC(C)(C)C. The average molecular weight is 547 g/mol. The number of hydrogen-bond acceptors (Lipinski definition) is 10. The number of nitrogens with zero attached hydrogens (tertiary/aromatic N) is 2. The number of aliphatic carboxylic acids is 2. The molecule has 216 valence electrons. The lowest BCUT2D eigenvalue weighted by molar-refractivity contribution is -0.166. The lowest BCUT2D eigenvalue weighted by Crippen LogP contribution is -2.65. The number of rotatable bonds is 6. The molecule has 0 aromatic heterocycles. The molecule has 2 aliphatic heterocycles. The first-order valence-corrected chi connectivity index (χ1v) is 12.2. The summed E-state index contributed by atoms with van der Waals surface area (Å²) < 4.78 is 19.8. The van der Waals surface area contributed by atoms with Crippen molar-refractivity contribution in [1.82, 2.24) is 9.80 Å². The molecule has 0 saturated carbocycles. The van der Waals surface area contributed by atoms with Gasteiger partial charge in [-0.05, 0) is 55.4 Å². The molecule has 2 heterocycles. The Hall–Kier alpha value is -3.58. The van der Waals surface area contributed by atoms with Gasteiger partial charge in [0, 0.05) is 12.8 Å². The van der Waals surface area contributed by atoms with E-state index in [9.17, 15) is 28.8 Å². The molecule has 2 aliphatic rings. The van der Waals surface area contributed by atoms with Crippen molar-refractivity contribution in [3.63, 3.8) is 0 Å². The lowest BCUT2D eigenvalue weighted by atomic mass is 9.93. The van der Waals surface area contributed by atoms with Crippen LogP contribution in [0.4, 0.5) is 9.59 Å². The molecule has 2 fully saturated rings. The molecule has 2 saturated heterocycles. The van der Waals surface area contributed by atoms with Gasteiger partial charge in [0.25, 0.3) is 0 Å². The summed E-state index contributed by atoms with van der Waals surface area (Å²) in [6, 6.07) is -3.83. The first kappa shape index (κ1) is 32.4. The fraction of sp³-hybridized carbons (Fsp3) is 0.750. The molecule has 4 atom stereocenters. The van der Waals surface area contributed by atoms with Crippen molar-refractivity contribution < 1.29 is 57.9 Å². The summed E-state index contributed by atoms with van der Waals surface area (Å²) in [4.78, 5) is 70.9. The molecular formula is C24H38N2O12. The van der Waals surface area contributed by atoms with Crippen LogP contribution in [-0.4, -0.2) is 105 Å². The second-order valence-corrected chi connectivity index (χ2v) is 10.5. The van der Waals surface area contributed by atoms with Gasteiger partial charge in [-0.3, -0.25) is 9.80 Å². The summed E-state index contributed by atoms with van der Waals surface area (Å²) in [6.07, 6.45) is -1.53. The van der Waals surface area contributed by atoms with E-state index >= 15 is 0 Å². The van der Waals surface area contributed by atoms with E-state index in [0.29, 0.717) is 0 Å². The maximum absolute atomic E-state index is 11.9. The third-order valence-electron chi connectivity index (χ3n) is 5.13. The minimum atomic E-state index is -1.16. The molecule has 14 nitrogen and oxygen atoms in total. The van der Waals surface area contributed by atoms with E-state index in [4.69, 9.17) is 29.2 Å². The normalized spacial score (nSPS) is 22.4. The van der Waals surface area contributed by atoms with Crippen LogP contribution in [0.15, 0.2) is 0 Å². The van der Waals surface area contributed by atoms with Gasteiger partial charge in [0.15, 0.2) is 0 Å². The van der Waals surface area contributed by atoms with Gasteiger partial charge in [-0.1, -0.05) is 0 Å². The van der Waals surface area contributed by atoms with E-state index in [-0.39, 0.29) is 26.1 Å². The Kier molecular flexibility index (Phi) is 10.9. The Balaban J connectivity index is 0.000000380. The second-order valence-electron chi connectivity index (χ2n) is 10.5. The molecule has 38 heavy (non-hydrogen) atoms. The Labute approximate surface area is 221 Å². The highest BCUT2D eigenvalue weighted by Crippen LogP contribution is 2.30. The predicted molar refractivity (Wildman–Crippen MR) is 129 cm³/mol. The number of ether oxygens (including phenoxy) is 4. The van der Waals surface area contributed by atoms with Crippen LogP contribution >= 0.6 is 0 Å². The van der Waals surface area contributed by atoms with Crippen molar-refractivity contribution in [3.05, 3.63) is 0 Å². The van der Waals surface area contributed by atoms with Crippen LogP contribution in [0.2, 0.25) is 0 Å². The zero-order valence-corrected chi connectivity index (χ0v) is 23.0. The third kappa shape index (κ3) is 8.77. The maximum Gasteiger partial charge on any atom is 0.411 e. The average Bonchev–Trinajstić information content (AvgIpc) is 2.63. The summed E-state index contributed by atoms with van der Waals surface area (Å²) in [6.45, 7) is 13.6. The number of carboxylic acid groups (broad SMARTS) is 2. The Bertz CT molecular complexity index is 846. The first-order valence-electron chi connectivity index (χ1n) is 12.2. The molecule has 0 aromatic rings. The summed E-state index contributed by atoms with van der Waals surface area (Å²) in [5.74, 6) is -3.53. The molecule has 14 heteroatoms. The largest absolute Gasteiger partial charge is 0.480 e. The van der Waals surface area contributed by atoms with Crippen molar-refractivity contribution in [3.8, 4) is 0 Å². The first-order chi connectivity index (χ1) is 17.3. The van der Waals surface area contributed by atoms with Gasteiger partial charge in [-0.25, -0.2) is 28.8 Å². The Morgan fingerprint density at radius 3 is 1.13 bits per heavy atom. The van der Waals surface area contributed by atoms with Gasteiger partial charge in [0.05, 0.1) is 13.2 Å². The van der Waals surface area contributed by atoms with E-state index in [2.05, 4.69) is 0 Å². The predicted octanol–water partition coefficient (Wildman–Crippen LogP) is 2.02. The smallest absolute Gasteiger partial charge is 0.411 e. The summed E-state index contributed by atoms with van der Waals surface area (Å²) in [7, 11) is 0. The van der Waals surface area contributed by atoms with Gasteiger partial charge in [-0.15, -0.1) is 0 Å². The summed E-state index contributed by atoms with van der Waals surface area (Å²) in [5, 5.41) is 18.0. The highest BCUT2D eigenvalue weighted by Gasteiger charge is 2.53. The van der Waals surface area contributed by atoms with Crippen molar-refractivity contribution in [2.24, 2.45) is 0 Å². The maximum atomic E-state index is 11.9. The van der Waals surface area contributed by atoms with E-state index in [1.165, 1.54) is 0 Å². The number of carbonyl (C=O) groups excluding carboxylic acids is 4. The quantitative estimate of drug-likeness (QED) is 0.365. The Morgan fingerprint density at radius 1 is 0.632 bits per heavy atom. The zero-order valence-electron chi connectivity index (χ0n) is 23.0. The third-order valence-corrected chi connectivity index (χ3v) is 5.13. The Morgan fingerprint density at radius 2 is 0.921 bits per heavy atom.